The highest BCUT2D eigenvalue weighted by atomic mass is 19.3. The van der Waals surface area contributed by atoms with E-state index < -0.39 is 24.5 Å². The summed E-state index contributed by atoms with van der Waals surface area (Å²) >= 11 is 0. The summed E-state index contributed by atoms with van der Waals surface area (Å²) in [7, 11) is 0. The molecule has 2 amide bonds. The van der Waals surface area contributed by atoms with Crippen LogP contribution in [0.1, 0.15) is 12.0 Å². The predicted molar refractivity (Wildman–Crippen MR) is 103 cm³/mol. The Morgan fingerprint density at radius 3 is 2.69 bits per heavy atom. The molecular weight excluding hydrogens is 384 g/mol. The van der Waals surface area contributed by atoms with E-state index in [2.05, 4.69) is 30.9 Å². The molecule has 10 heteroatoms. The number of carbonyl (C=O) groups is 2. The van der Waals surface area contributed by atoms with Crippen LogP contribution in [0.15, 0.2) is 64.7 Å². The van der Waals surface area contributed by atoms with Gasteiger partial charge in [0.25, 0.3) is 5.91 Å². The molecule has 0 radical (unpaired) electrons. The number of hydrogen-bond acceptors (Lipinski definition) is 6. The van der Waals surface area contributed by atoms with Gasteiger partial charge in [-0.3, -0.25) is 14.9 Å². The van der Waals surface area contributed by atoms with Gasteiger partial charge in [-0.15, -0.1) is 0 Å². The van der Waals surface area contributed by atoms with Crippen molar-refractivity contribution in [1.82, 2.24) is 10.7 Å². The molecule has 150 valence electrons. The zero-order chi connectivity index (χ0) is 20.6. The van der Waals surface area contributed by atoms with E-state index in [1.165, 1.54) is 18.2 Å². The number of aliphatic imine (C=N–C) groups is 1. The summed E-state index contributed by atoms with van der Waals surface area (Å²) in [4.78, 5) is 28.3. The van der Waals surface area contributed by atoms with Crippen molar-refractivity contribution in [2.45, 2.75) is 19.1 Å². The van der Waals surface area contributed by atoms with E-state index in [1.54, 1.807) is 12.3 Å². The summed E-state index contributed by atoms with van der Waals surface area (Å²) in [5.74, 6) is -1.11. The Labute approximate surface area is 164 Å². The molecule has 0 saturated heterocycles. The highest BCUT2D eigenvalue weighted by Gasteiger charge is 2.28. The van der Waals surface area contributed by atoms with Crippen LogP contribution >= 0.6 is 0 Å². The normalized spacial score (nSPS) is 15.9. The third-order valence-electron chi connectivity index (χ3n) is 3.77. The number of hydrogen-bond donors (Lipinski definition) is 3. The largest absolute Gasteiger partial charge is 0.433 e. The van der Waals surface area contributed by atoms with Crippen LogP contribution in [-0.4, -0.2) is 36.6 Å². The number of benzene rings is 2. The lowest BCUT2D eigenvalue weighted by atomic mass is 10.2. The van der Waals surface area contributed by atoms with Crippen LogP contribution in [-0.2, 0) is 9.59 Å². The lowest BCUT2D eigenvalue weighted by Crippen LogP contribution is -2.35. The fourth-order valence-corrected chi connectivity index (χ4v) is 2.49. The number of nitrogens with one attached hydrogen (secondary N) is 3. The second kappa shape index (κ2) is 9.40. The first-order valence-corrected chi connectivity index (χ1v) is 8.58. The molecule has 1 heterocycles. The number of rotatable bonds is 7. The molecular formula is C19H17F2N5O3. The number of para-hydroxylation sites is 2. The SMILES string of the molecule is O=C(C[C@@H]1N=C(N/N=C\c2ccccc2)NC1=O)Nc1ccccc1OC(F)F. The van der Waals surface area contributed by atoms with Crippen LogP contribution in [0.3, 0.4) is 0 Å². The first kappa shape index (κ1) is 19.9. The van der Waals surface area contributed by atoms with E-state index in [0.29, 0.717) is 0 Å². The standard InChI is InChI=1S/C19H17F2N5O3/c20-18(21)29-15-9-5-4-8-13(15)23-16(27)10-14-17(28)25-19(24-14)26-22-11-12-6-2-1-3-7-12/h1-9,11,14,18H,10H2,(H,23,27)(H2,24,25,26,28)/b22-11-/t14-/m0/s1. The van der Waals surface area contributed by atoms with Gasteiger partial charge >= 0.3 is 6.61 Å². The van der Waals surface area contributed by atoms with Crippen LogP contribution in [0.4, 0.5) is 14.5 Å². The van der Waals surface area contributed by atoms with E-state index in [0.717, 1.165) is 5.56 Å². The zero-order valence-corrected chi connectivity index (χ0v) is 15.0. The second-order valence-electron chi connectivity index (χ2n) is 5.89. The van der Waals surface area contributed by atoms with Crippen molar-refractivity contribution >= 4 is 29.7 Å². The number of alkyl halides is 2. The van der Waals surface area contributed by atoms with E-state index in [9.17, 15) is 18.4 Å². The highest BCUT2D eigenvalue weighted by molar-refractivity contribution is 6.07. The maximum Gasteiger partial charge on any atom is 0.387 e. The molecule has 0 spiro atoms. The molecule has 0 aliphatic carbocycles. The lowest BCUT2D eigenvalue weighted by molar-refractivity contribution is -0.123. The molecule has 2 aromatic rings. The minimum Gasteiger partial charge on any atom is -0.433 e. The maximum absolute atomic E-state index is 12.4. The van der Waals surface area contributed by atoms with Crippen molar-refractivity contribution in [3.05, 3.63) is 60.2 Å². The number of guanidine groups is 1. The van der Waals surface area contributed by atoms with Crippen molar-refractivity contribution in [3.63, 3.8) is 0 Å². The van der Waals surface area contributed by atoms with Gasteiger partial charge in [0, 0.05) is 0 Å². The van der Waals surface area contributed by atoms with Gasteiger partial charge in [0.05, 0.1) is 18.3 Å². The van der Waals surface area contributed by atoms with Gasteiger partial charge in [0.2, 0.25) is 11.9 Å². The van der Waals surface area contributed by atoms with Crippen LogP contribution in [0.2, 0.25) is 0 Å². The third-order valence-corrected chi connectivity index (χ3v) is 3.77. The minimum absolute atomic E-state index is 0.0750. The first-order valence-electron chi connectivity index (χ1n) is 8.58. The molecule has 3 rings (SSSR count). The Hall–Kier alpha value is -3.82. The van der Waals surface area contributed by atoms with E-state index in [-0.39, 0.29) is 23.8 Å². The number of hydrazone groups is 1. The van der Waals surface area contributed by atoms with Crippen LogP contribution < -0.4 is 20.8 Å². The quantitative estimate of drug-likeness (QED) is 0.488. The summed E-state index contributed by atoms with van der Waals surface area (Å²) < 4.78 is 29.2. The molecule has 0 aromatic heterocycles. The maximum atomic E-state index is 12.4. The van der Waals surface area contributed by atoms with Gasteiger partial charge in [-0.05, 0) is 17.7 Å². The predicted octanol–water partition coefficient (Wildman–Crippen LogP) is 2.09. The number of anilines is 1. The molecule has 1 atom stereocenters. The first-order chi connectivity index (χ1) is 14.0. The number of amides is 2. The second-order valence-corrected chi connectivity index (χ2v) is 5.89. The van der Waals surface area contributed by atoms with Crippen molar-refractivity contribution in [1.29, 1.82) is 0 Å². The Kier molecular flexibility index (Phi) is 6.46. The number of halogens is 2. The third kappa shape index (κ3) is 5.83. The number of carbonyl (C=O) groups excluding carboxylic acids is 2. The van der Waals surface area contributed by atoms with Gasteiger partial charge in [-0.2, -0.15) is 13.9 Å². The van der Waals surface area contributed by atoms with Crippen molar-refractivity contribution < 1.29 is 23.1 Å². The van der Waals surface area contributed by atoms with E-state index in [4.69, 9.17) is 0 Å². The van der Waals surface area contributed by atoms with Crippen LogP contribution in [0.5, 0.6) is 5.75 Å². The van der Waals surface area contributed by atoms with Gasteiger partial charge in [-0.25, -0.2) is 10.4 Å². The smallest absolute Gasteiger partial charge is 0.387 e. The van der Waals surface area contributed by atoms with E-state index >= 15 is 0 Å². The molecule has 0 saturated carbocycles. The molecule has 0 fully saturated rings. The van der Waals surface area contributed by atoms with Gasteiger partial charge in [-0.1, -0.05) is 42.5 Å². The monoisotopic (exact) mass is 401 g/mol. The van der Waals surface area contributed by atoms with Crippen molar-refractivity contribution in [3.8, 4) is 5.75 Å². The summed E-state index contributed by atoms with van der Waals surface area (Å²) in [6.45, 7) is -3.02. The number of nitrogens with zero attached hydrogens (tertiary/aromatic N) is 2. The van der Waals surface area contributed by atoms with E-state index in [1.807, 2.05) is 30.3 Å². The van der Waals surface area contributed by atoms with Crippen LogP contribution in [0, 0.1) is 0 Å². The summed E-state index contributed by atoms with van der Waals surface area (Å²) in [6, 6.07) is 14.1. The van der Waals surface area contributed by atoms with Crippen LogP contribution in [0.25, 0.3) is 0 Å². The van der Waals surface area contributed by atoms with Gasteiger partial charge in [0.1, 0.15) is 11.8 Å². The summed E-state index contributed by atoms with van der Waals surface area (Å²) in [6.07, 6.45) is 1.27. The lowest BCUT2D eigenvalue weighted by Gasteiger charge is -2.12. The van der Waals surface area contributed by atoms with Gasteiger partial charge in [0.15, 0.2) is 0 Å². The molecule has 29 heavy (non-hydrogen) atoms. The topological polar surface area (TPSA) is 104 Å². The Morgan fingerprint density at radius 2 is 1.93 bits per heavy atom. The molecule has 8 nitrogen and oxygen atoms in total. The average Bonchev–Trinajstić information content (AvgIpc) is 3.03. The highest BCUT2D eigenvalue weighted by Crippen LogP contribution is 2.25. The van der Waals surface area contributed by atoms with Crippen molar-refractivity contribution in [2.24, 2.45) is 10.1 Å². The Bertz CT molecular complexity index is 934. The molecule has 0 unspecified atom stereocenters. The fraction of sp³-hybridized carbons (Fsp3) is 0.158. The van der Waals surface area contributed by atoms with Crippen molar-refractivity contribution in [2.75, 3.05) is 5.32 Å². The van der Waals surface area contributed by atoms with Gasteiger partial charge < -0.3 is 10.1 Å². The average molecular weight is 401 g/mol. The minimum atomic E-state index is -3.02. The number of ether oxygens (including phenoxy) is 1. The zero-order valence-electron chi connectivity index (χ0n) is 15.0. The molecule has 2 aromatic carbocycles. The summed E-state index contributed by atoms with van der Waals surface area (Å²) in [5.41, 5.74) is 3.52. The summed E-state index contributed by atoms with van der Waals surface area (Å²) in [5, 5.41) is 8.90. The molecule has 1 aliphatic heterocycles. The molecule has 3 N–H and O–H groups in total. The molecule has 1 aliphatic rings. The molecule has 0 bridgehead atoms. The Morgan fingerprint density at radius 1 is 1.21 bits per heavy atom. The fourth-order valence-electron chi connectivity index (χ4n) is 2.49. The Balaban J connectivity index is 1.56.